The number of aromatic nitrogens is 3. The summed E-state index contributed by atoms with van der Waals surface area (Å²) in [6.45, 7) is 3.07. The quantitative estimate of drug-likeness (QED) is 0.310. The third-order valence-corrected chi connectivity index (χ3v) is 6.00. The number of hydrogen-bond donors (Lipinski definition) is 4. The molecule has 0 aliphatic heterocycles. The second kappa shape index (κ2) is 9.65. The fourth-order valence-electron chi connectivity index (χ4n) is 2.18. The van der Waals surface area contributed by atoms with E-state index in [4.69, 9.17) is 0 Å². The van der Waals surface area contributed by atoms with Gasteiger partial charge in [-0.2, -0.15) is 0 Å². The van der Waals surface area contributed by atoms with Crippen LogP contribution in [-0.2, 0) is 9.59 Å². The lowest BCUT2D eigenvalue weighted by atomic mass is 10.4. The van der Waals surface area contributed by atoms with Crippen molar-refractivity contribution >= 4 is 68.8 Å². The van der Waals surface area contributed by atoms with E-state index >= 15 is 0 Å². The lowest BCUT2D eigenvalue weighted by Crippen LogP contribution is -2.24. The van der Waals surface area contributed by atoms with Gasteiger partial charge in [0.15, 0.2) is 21.8 Å². The van der Waals surface area contributed by atoms with Crippen LogP contribution in [0.2, 0.25) is 0 Å². The van der Waals surface area contributed by atoms with Crippen LogP contribution in [0, 0.1) is 6.92 Å². The first-order valence-electron chi connectivity index (χ1n) is 8.43. The van der Waals surface area contributed by atoms with Crippen LogP contribution in [0.15, 0.2) is 32.8 Å². The molecule has 0 bridgehead atoms. The number of thiophene rings is 1. The first kappa shape index (κ1) is 21.7. The van der Waals surface area contributed by atoms with Crippen LogP contribution in [0.3, 0.4) is 0 Å². The van der Waals surface area contributed by atoms with Crippen molar-refractivity contribution < 1.29 is 14.4 Å². The Hall–Kier alpha value is -3.03. The van der Waals surface area contributed by atoms with E-state index in [2.05, 4.69) is 30.9 Å². The van der Waals surface area contributed by atoms with E-state index in [9.17, 15) is 19.2 Å². The molecule has 0 radical (unpaired) electrons. The molecule has 10 nitrogen and oxygen atoms in total. The number of thiazole rings is 1. The first-order chi connectivity index (χ1) is 14.3. The zero-order valence-electron chi connectivity index (χ0n) is 15.8. The van der Waals surface area contributed by atoms with Gasteiger partial charge in [0.05, 0.1) is 16.3 Å². The Kier molecular flexibility index (Phi) is 6.97. The van der Waals surface area contributed by atoms with Gasteiger partial charge in [-0.25, -0.2) is 9.97 Å². The molecule has 0 aliphatic rings. The Labute approximate surface area is 182 Å². The maximum atomic E-state index is 12.5. The van der Waals surface area contributed by atoms with Crippen LogP contribution < -0.4 is 21.5 Å². The van der Waals surface area contributed by atoms with Gasteiger partial charge in [-0.05, 0) is 18.4 Å². The molecule has 13 heteroatoms. The van der Waals surface area contributed by atoms with Crippen molar-refractivity contribution in [1.29, 1.82) is 0 Å². The number of rotatable bonds is 7. The smallest absolute Gasteiger partial charge is 0.277 e. The van der Waals surface area contributed by atoms with Crippen LogP contribution in [0.4, 0.5) is 16.6 Å². The SMILES string of the molecule is CC(=O)Nc1nc(SCC(=O)Nc2nc(C)cs2)[nH]c(=O)c1NC(=O)c1cccs1. The van der Waals surface area contributed by atoms with E-state index in [-0.39, 0.29) is 28.3 Å². The third kappa shape index (κ3) is 5.75. The van der Waals surface area contributed by atoms with Gasteiger partial charge in [-0.15, -0.1) is 22.7 Å². The van der Waals surface area contributed by atoms with Gasteiger partial charge >= 0.3 is 0 Å². The molecule has 3 amide bonds. The van der Waals surface area contributed by atoms with Crippen molar-refractivity contribution in [2.75, 3.05) is 21.7 Å². The summed E-state index contributed by atoms with van der Waals surface area (Å²) in [5.41, 5.74) is -0.0399. The standard InChI is InChI=1S/C17H16N6O4S3/c1-8-6-29-16(18-8)20-11(25)7-30-17-22-13(19-9(2)24)12(15(27)23-17)21-14(26)10-4-3-5-28-10/h3-6H,7H2,1-2H3,(H,21,26)(H,18,20,25)(H2,19,22,23,24,27). The number of H-pyrrole nitrogens is 1. The van der Waals surface area contributed by atoms with Gasteiger partial charge < -0.3 is 16.0 Å². The Morgan fingerprint density at radius 2 is 1.97 bits per heavy atom. The molecule has 0 spiro atoms. The zero-order valence-corrected chi connectivity index (χ0v) is 18.2. The number of thioether (sulfide) groups is 1. The number of aromatic amines is 1. The van der Waals surface area contributed by atoms with E-state index < -0.39 is 17.4 Å². The van der Waals surface area contributed by atoms with Crippen LogP contribution in [-0.4, -0.2) is 38.4 Å². The van der Waals surface area contributed by atoms with Crippen LogP contribution in [0.5, 0.6) is 0 Å². The number of carbonyl (C=O) groups excluding carboxylic acids is 3. The van der Waals surface area contributed by atoms with Crippen molar-refractivity contribution in [2.45, 2.75) is 19.0 Å². The fourth-order valence-corrected chi connectivity index (χ4v) is 4.16. The van der Waals surface area contributed by atoms with Crippen molar-refractivity contribution in [3.05, 3.63) is 43.8 Å². The van der Waals surface area contributed by atoms with Gasteiger partial charge in [0, 0.05) is 12.3 Å². The summed E-state index contributed by atoms with van der Waals surface area (Å²) in [5, 5.41) is 11.7. The maximum Gasteiger partial charge on any atom is 0.277 e. The van der Waals surface area contributed by atoms with Crippen LogP contribution >= 0.6 is 34.4 Å². The molecule has 3 heterocycles. The highest BCUT2D eigenvalue weighted by atomic mass is 32.2. The second-order valence-corrected chi connectivity index (χ2v) is 8.61. The first-order valence-corrected chi connectivity index (χ1v) is 11.2. The lowest BCUT2D eigenvalue weighted by Gasteiger charge is -2.11. The molecular formula is C17H16N6O4S3. The Morgan fingerprint density at radius 1 is 1.17 bits per heavy atom. The van der Waals surface area contributed by atoms with E-state index in [0.29, 0.717) is 10.0 Å². The van der Waals surface area contributed by atoms with Crippen molar-refractivity contribution in [1.82, 2.24) is 15.0 Å². The van der Waals surface area contributed by atoms with Gasteiger partial charge in [-0.3, -0.25) is 24.2 Å². The minimum Gasteiger partial charge on any atom is -0.314 e. The molecule has 3 aromatic rings. The Balaban J connectivity index is 1.74. The van der Waals surface area contributed by atoms with Crippen LogP contribution in [0.1, 0.15) is 22.3 Å². The van der Waals surface area contributed by atoms with Crippen molar-refractivity contribution in [2.24, 2.45) is 0 Å². The molecule has 0 saturated heterocycles. The van der Waals surface area contributed by atoms with Gasteiger partial charge in [-0.1, -0.05) is 17.8 Å². The van der Waals surface area contributed by atoms with E-state index in [0.717, 1.165) is 17.5 Å². The van der Waals surface area contributed by atoms with E-state index in [1.54, 1.807) is 17.5 Å². The highest BCUT2D eigenvalue weighted by molar-refractivity contribution is 7.99. The average molecular weight is 465 g/mol. The molecule has 0 aromatic carbocycles. The number of aryl methyl sites for hydroxylation is 1. The minimum atomic E-state index is -0.655. The highest BCUT2D eigenvalue weighted by Crippen LogP contribution is 2.21. The number of nitrogens with one attached hydrogen (secondary N) is 4. The fraction of sp³-hybridized carbons (Fsp3) is 0.176. The lowest BCUT2D eigenvalue weighted by molar-refractivity contribution is -0.114. The molecule has 156 valence electrons. The molecular weight excluding hydrogens is 448 g/mol. The molecule has 0 unspecified atom stereocenters. The molecule has 3 rings (SSSR count). The maximum absolute atomic E-state index is 12.5. The van der Waals surface area contributed by atoms with Gasteiger partial charge in [0.25, 0.3) is 11.5 Å². The number of nitrogens with zero attached hydrogens (tertiary/aromatic N) is 2. The average Bonchev–Trinajstić information content (AvgIpc) is 3.34. The highest BCUT2D eigenvalue weighted by Gasteiger charge is 2.18. The summed E-state index contributed by atoms with van der Waals surface area (Å²) < 4.78 is 0. The second-order valence-electron chi connectivity index (χ2n) is 5.84. The predicted octanol–water partition coefficient (Wildman–Crippen LogP) is 2.54. The monoisotopic (exact) mass is 464 g/mol. The molecule has 0 fully saturated rings. The van der Waals surface area contributed by atoms with E-state index in [1.807, 2.05) is 12.3 Å². The summed E-state index contributed by atoms with van der Waals surface area (Å²) >= 11 is 3.48. The largest absolute Gasteiger partial charge is 0.314 e. The third-order valence-electron chi connectivity index (χ3n) is 3.38. The summed E-state index contributed by atoms with van der Waals surface area (Å²) in [5.74, 6) is -1.43. The van der Waals surface area contributed by atoms with Crippen LogP contribution in [0.25, 0.3) is 0 Å². The topological polar surface area (TPSA) is 146 Å². The molecule has 30 heavy (non-hydrogen) atoms. The summed E-state index contributed by atoms with van der Waals surface area (Å²) in [6.07, 6.45) is 0. The Morgan fingerprint density at radius 3 is 2.60 bits per heavy atom. The summed E-state index contributed by atoms with van der Waals surface area (Å²) in [6, 6.07) is 3.31. The number of carbonyl (C=O) groups is 3. The molecule has 3 aromatic heterocycles. The Bertz CT molecular complexity index is 1140. The zero-order chi connectivity index (χ0) is 21.7. The van der Waals surface area contributed by atoms with Gasteiger partial charge in [0.1, 0.15) is 0 Å². The summed E-state index contributed by atoms with van der Waals surface area (Å²) in [7, 11) is 0. The molecule has 0 aliphatic carbocycles. The molecule has 0 saturated carbocycles. The summed E-state index contributed by atoms with van der Waals surface area (Å²) in [4.78, 5) is 59.6. The normalized spacial score (nSPS) is 10.5. The van der Waals surface area contributed by atoms with Gasteiger partial charge in [0.2, 0.25) is 11.8 Å². The number of anilines is 3. The van der Waals surface area contributed by atoms with Crippen molar-refractivity contribution in [3.63, 3.8) is 0 Å². The molecule has 4 N–H and O–H groups in total. The number of amides is 3. The predicted molar refractivity (Wildman–Crippen MR) is 118 cm³/mol. The molecule has 0 atom stereocenters. The van der Waals surface area contributed by atoms with Crippen molar-refractivity contribution in [3.8, 4) is 0 Å². The van der Waals surface area contributed by atoms with E-state index in [1.165, 1.54) is 29.6 Å². The number of hydrogen-bond acceptors (Lipinski definition) is 9. The minimum absolute atomic E-state index is 0.0397.